The molecular formula is C19H20BrNO. The molecule has 0 spiro atoms. The van der Waals surface area contributed by atoms with Crippen molar-refractivity contribution in [2.75, 3.05) is 7.11 Å². The van der Waals surface area contributed by atoms with Gasteiger partial charge < -0.3 is 9.72 Å². The lowest BCUT2D eigenvalue weighted by molar-refractivity contribution is 0.413. The van der Waals surface area contributed by atoms with E-state index in [2.05, 4.69) is 78.1 Å². The van der Waals surface area contributed by atoms with Gasteiger partial charge in [-0.25, -0.2) is 0 Å². The molecule has 3 heteroatoms. The second-order valence-corrected chi connectivity index (χ2v) is 7.44. The third-order valence-corrected chi connectivity index (χ3v) is 4.55. The molecular weight excluding hydrogens is 338 g/mol. The van der Waals surface area contributed by atoms with Crippen molar-refractivity contribution in [1.82, 2.24) is 4.98 Å². The number of aromatic amines is 1. The Balaban J connectivity index is 2.11. The van der Waals surface area contributed by atoms with Gasteiger partial charge in [0, 0.05) is 16.6 Å². The second kappa shape index (κ2) is 5.47. The number of nitrogens with one attached hydrogen (secondary N) is 1. The lowest BCUT2D eigenvalue weighted by atomic mass is 9.86. The molecule has 0 saturated carbocycles. The fraction of sp³-hybridized carbons (Fsp3) is 0.263. The van der Waals surface area contributed by atoms with Crippen LogP contribution in [-0.2, 0) is 5.41 Å². The van der Waals surface area contributed by atoms with Gasteiger partial charge in [-0.15, -0.1) is 0 Å². The molecule has 1 aromatic heterocycles. The van der Waals surface area contributed by atoms with Crippen molar-refractivity contribution < 1.29 is 4.74 Å². The normalized spacial score (nSPS) is 11.9. The standard InChI is InChI=1S/C19H20BrNO/c1-19(2,3)14-7-5-6-12(8-14)16-9-13-10-18(22-4)15(20)11-17(13)21-16/h5-11,21H,1-4H3. The van der Waals surface area contributed by atoms with E-state index in [1.54, 1.807) is 7.11 Å². The zero-order valence-electron chi connectivity index (χ0n) is 13.3. The second-order valence-electron chi connectivity index (χ2n) is 6.59. The van der Waals surface area contributed by atoms with E-state index in [1.807, 2.05) is 6.07 Å². The number of hydrogen-bond acceptors (Lipinski definition) is 1. The predicted molar refractivity (Wildman–Crippen MR) is 96.7 cm³/mol. The molecule has 1 N–H and O–H groups in total. The number of rotatable bonds is 2. The van der Waals surface area contributed by atoms with Crippen molar-refractivity contribution in [2.45, 2.75) is 26.2 Å². The molecule has 0 radical (unpaired) electrons. The summed E-state index contributed by atoms with van der Waals surface area (Å²) in [5, 5.41) is 1.15. The van der Waals surface area contributed by atoms with Crippen molar-refractivity contribution in [1.29, 1.82) is 0 Å². The maximum absolute atomic E-state index is 5.37. The van der Waals surface area contributed by atoms with Crippen LogP contribution in [0.2, 0.25) is 0 Å². The van der Waals surface area contributed by atoms with Gasteiger partial charge in [0.25, 0.3) is 0 Å². The van der Waals surface area contributed by atoms with Crippen molar-refractivity contribution in [3.8, 4) is 17.0 Å². The van der Waals surface area contributed by atoms with Crippen LogP contribution >= 0.6 is 15.9 Å². The number of benzene rings is 2. The largest absolute Gasteiger partial charge is 0.496 e. The first-order valence-electron chi connectivity index (χ1n) is 7.35. The summed E-state index contributed by atoms with van der Waals surface area (Å²) >= 11 is 3.54. The van der Waals surface area contributed by atoms with E-state index in [0.29, 0.717) is 0 Å². The summed E-state index contributed by atoms with van der Waals surface area (Å²) in [7, 11) is 1.69. The molecule has 0 aliphatic carbocycles. The lowest BCUT2D eigenvalue weighted by Crippen LogP contribution is -2.10. The van der Waals surface area contributed by atoms with E-state index in [1.165, 1.54) is 11.1 Å². The molecule has 22 heavy (non-hydrogen) atoms. The summed E-state index contributed by atoms with van der Waals surface area (Å²) in [6, 6.07) is 15.0. The van der Waals surface area contributed by atoms with Gasteiger partial charge in [-0.05, 0) is 56.7 Å². The van der Waals surface area contributed by atoms with Gasteiger partial charge in [0.2, 0.25) is 0 Å². The van der Waals surface area contributed by atoms with E-state index < -0.39 is 0 Å². The van der Waals surface area contributed by atoms with Gasteiger partial charge >= 0.3 is 0 Å². The fourth-order valence-electron chi connectivity index (χ4n) is 2.60. The molecule has 0 aliphatic rings. The minimum Gasteiger partial charge on any atom is -0.496 e. The van der Waals surface area contributed by atoms with E-state index in [4.69, 9.17) is 4.74 Å². The number of methoxy groups -OCH3 is 1. The minimum absolute atomic E-state index is 0.147. The topological polar surface area (TPSA) is 25.0 Å². The van der Waals surface area contributed by atoms with Gasteiger partial charge in [0.15, 0.2) is 0 Å². The van der Waals surface area contributed by atoms with Crippen LogP contribution in [0.3, 0.4) is 0 Å². The highest BCUT2D eigenvalue weighted by Crippen LogP contribution is 2.33. The SMILES string of the molecule is COc1cc2cc(-c3cccc(C(C)(C)C)c3)[nH]c2cc1Br. The number of H-pyrrole nitrogens is 1. The molecule has 0 amide bonds. The Morgan fingerprint density at radius 3 is 2.50 bits per heavy atom. The summed E-state index contributed by atoms with van der Waals surface area (Å²) in [5.74, 6) is 0.849. The molecule has 114 valence electrons. The van der Waals surface area contributed by atoms with Gasteiger partial charge in [0.05, 0.1) is 11.6 Å². The summed E-state index contributed by atoms with van der Waals surface area (Å²) in [5.41, 5.74) is 4.92. The lowest BCUT2D eigenvalue weighted by Gasteiger charge is -2.19. The first-order chi connectivity index (χ1) is 10.4. The summed E-state index contributed by atoms with van der Waals surface area (Å²) < 4.78 is 6.33. The summed E-state index contributed by atoms with van der Waals surface area (Å²) in [6.07, 6.45) is 0. The highest BCUT2D eigenvalue weighted by Gasteiger charge is 2.15. The van der Waals surface area contributed by atoms with E-state index in [0.717, 1.165) is 26.8 Å². The number of fused-ring (bicyclic) bond motifs is 1. The summed E-state index contributed by atoms with van der Waals surface area (Å²) in [4.78, 5) is 3.50. The zero-order chi connectivity index (χ0) is 15.9. The van der Waals surface area contributed by atoms with E-state index in [9.17, 15) is 0 Å². The number of ether oxygens (including phenoxy) is 1. The van der Waals surface area contributed by atoms with Crippen molar-refractivity contribution in [2.24, 2.45) is 0 Å². The average Bonchev–Trinajstić information content (AvgIpc) is 2.88. The third kappa shape index (κ3) is 2.78. The minimum atomic E-state index is 0.147. The molecule has 0 unspecified atom stereocenters. The zero-order valence-corrected chi connectivity index (χ0v) is 14.9. The van der Waals surface area contributed by atoms with Crippen LogP contribution in [0.25, 0.3) is 22.2 Å². The maximum atomic E-state index is 5.37. The van der Waals surface area contributed by atoms with Crippen LogP contribution in [0.1, 0.15) is 26.3 Å². The Bertz CT molecular complexity index is 827. The average molecular weight is 358 g/mol. The van der Waals surface area contributed by atoms with Gasteiger partial charge in [0.1, 0.15) is 5.75 Å². The molecule has 0 fully saturated rings. The Hall–Kier alpha value is -1.74. The van der Waals surface area contributed by atoms with Crippen molar-refractivity contribution in [3.63, 3.8) is 0 Å². The van der Waals surface area contributed by atoms with E-state index in [-0.39, 0.29) is 5.41 Å². The van der Waals surface area contributed by atoms with Crippen LogP contribution in [0.4, 0.5) is 0 Å². The first kappa shape index (κ1) is 15.2. The molecule has 0 saturated heterocycles. The molecule has 2 aromatic carbocycles. The van der Waals surface area contributed by atoms with E-state index >= 15 is 0 Å². The molecule has 3 aromatic rings. The van der Waals surface area contributed by atoms with Crippen LogP contribution in [0.5, 0.6) is 5.75 Å². The number of halogens is 1. The molecule has 0 bridgehead atoms. The molecule has 3 rings (SSSR count). The van der Waals surface area contributed by atoms with Crippen molar-refractivity contribution in [3.05, 3.63) is 52.5 Å². The molecule has 0 aliphatic heterocycles. The van der Waals surface area contributed by atoms with Gasteiger partial charge in [-0.2, -0.15) is 0 Å². The van der Waals surface area contributed by atoms with Crippen molar-refractivity contribution >= 4 is 26.8 Å². The third-order valence-electron chi connectivity index (χ3n) is 3.93. The highest BCUT2D eigenvalue weighted by molar-refractivity contribution is 9.10. The van der Waals surface area contributed by atoms with Crippen LogP contribution in [0, 0.1) is 0 Å². The van der Waals surface area contributed by atoms with Crippen LogP contribution in [0.15, 0.2) is 46.9 Å². The Kier molecular flexibility index (Phi) is 3.77. The number of aromatic nitrogens is 1. The van der Waals surface area contributed by atoms with Gasteiger partial charge in [-0.1, -0.05) is 39.0 Å². The highest BCUT2D eigenvalue weighted by atomic mass is 79.9. The first-order valence-corrected chi connectivity index (χ1v) is 8.15. The number of hydrogen-bond donors (Lipinski definition) is 1. The monoisotopic (exact) mass is 357 g/mol. The Morgan fingerprint density at radius 1 is 1.05 bits per heavy atom. The van der Waals surface area contributed by atoms with Gasteiger partial charge in [-0.3, -0.25) is 0 Å². The molecule has 1 heterocycles. The van der Waals surface area contributed by atoms with Crippen LogP contribution in [-0.4, -0.2) is 12.1 Å². The Morgan fingerprint density at radius 2 is 1.82 bits per heavy atom. The fourth-order valence-corrected chi connectivity index (χ4v) is 3.10. The maximum Gasteiger partial charge on any atom is 0.133 e. The predicted octanol–water partition coefficient (Wildman–Crippen LogP) is 5.90. The quantitative estimate of drug-likeness (QED) is 0.606. The molecule has 2 nitrogen and oxygen atoms in total. The Labute approximate surface area is 139 Å². The van der Waals surface area contributed by atoms with Crippen LogP contribution < -0.4 is 4.74 Å². The summed E-state index contributed by atoms with van der Waals surface area (Å²) in [6.45, 7) is 6.71. The molecule has 0 atom stereocenters. The smallest absolute Gasteiger partial charge is 0.133 e.